The zero-order chi connectivity index (χ0) is 21.3. The van der Waals surface area contributed by atoms with E-state index in [9.17, 15) is 14.7 Å². The van der Waals surface area contributed by atoms with Crippen LogP contribution in [0.3, 0.4) is 0 Å². The molecule has 0 bridgehead atoms. The van der Waals surface area contributed by atoms with Crippen molar-refractivity contribution in [1.29, 1.82) is 0 Å². The van der Waals surface area contributed by atoms with Gasteiger partial charge in [0.15, 0.2) is 0 Å². The lowest BCUT2D eigenvalue weighted by molar-refractivity contribution is -0.161. The summed E-state index contributed by atoms with van der Waals surface area (Å²) in [7, 11) is 0. The van der Waals surface area contributed by atoms with E-state index in [1.165, 1.54) is 0 Å². The molecule has 5 nitrogen and oxygen atoms in total. The van der Waals surface area contributed by atoms with Gasteiger partial charge in [0, 0.05) is 17.4 Å². The van der Waals surface area contributed by atoms with E-state index in [0.717, 1.165) is 22.3 Å². The number of carboxylic acids is 1. The Bertz CT molecular complexity index is 1070. The summed E-state index contributed by atoms with van der Waals surface area (Å²) in [4.78, 5) is 24.7. The Kier molecular flexibility index (Phi) is 5.33. The number of rotatable bonds is 6. The van der Waals surface area contributed by atoms with Gasteiger partial charge in [-0.1, -0.05) is 72.3 Å². The van der Waals surface area contributed by atoms with E-state index in [0.29, 0.717) is 10.6 Å². The molecule has 0 unspecified atom stereocenters. The van der Waals surface area contributed by atoms with Gasteiger partial charge in [-0.15, -0.1) is 0 Å². The standard InChI is InChI=1S/C24H20ClNO4/c25-16-11-9-15(10-12-16)13-24(26,22(27)28)23(29)30-14-21-19-7-3-1-5-17(19)18-6-2-4-8-20(18)21/h1-12,21H,13-14,26H2,(H,27,28)/t24-/m0/s1. The quantitative estimate of drug-likeness (QED) is 0.463. The Morgan fingerprint density at radius 3 is 2.00 bits per heavy atom. The third kappa shape index (κ3) is 3.58. The van der Waals surface area contributed by atoms with Gasteiger partial charge in [0.05, 0.1) is 0 Å². The number of fused-ring (bicyclic) bond motifs is 3. The van der Waals surface area contributed by atoms with Gasteiger partial charge >= 0.3 is 11.9 Å². The number of carbonyl (C=O) groups excluding carboxylic acids is 1. The molecule has 1 atom stereocenters. The van der Waals surface area contributed by atoms with Crippen molar-refractivity contribution in [2.24, 2.45) is 5.73 Å². The number of ether oxygens (including phenoxy) is 1. The first kappa shape index (κ1) is 20.1. The zero-order valence-electron chi connectivity index (χ0n) is 16.0. The fraction of sp³-hybridized carbons (Fsp3) is 0.167. The summed E-state index contributed by atoms with van der Waals surface area (Å²) >= 11 is 5.87. The van der Waals surface area contributed by atoms with Crippen LogP contribution in [0.25, 0.3) is 11.1 Å². The first-order valence-corrected chi connectivity index (χ1v) is 9.90. The van der Waals surface area contributed by atoms with Crippen molar-refractivity contribution in [3.05, 3.63) is 94.5 Å². The van der Waals surface area contributed by atoms with Crippen molar-refractivity contribution in [2.75, 3.05) is 6.61 Å². The third-order valence-corrected chi connectivity index (χ3v) is 5.74. The molecule has 6 heteroatoms. The second kappa shape index (κ2) is 7.94. The van der Waals surface area contributed by atoms with Crippen molar-refractivity contribution >= 4 is 23.5 Å². The fourth-order valence-corrected chi connectivity index (χ4v) is 4.01. The minimum atomic E-state index is -2.19. The molecule has 0 aliphatic heterocycles. The molecule has 0 heterocycles. The number of aliphatic carboxylic acids is 1. The van der Waals surface area contributed by atoms with E-state index >= 15 is 0 Å². The van der Waals surface area contributed by atoms with E-state index in [1.807, 2.05) is 48.5 Å². The highest BCUT2D eigenvalue weighted by Crippen LogP contribution is 2.44. The van der Waals surface area contributed by atoms with Crippen LogP contribution in [0.2, 0.25) is 5.02 Å². The van der Waals surface area contributed by atoms with Crippen molar-refractivity contribution in [1.82, 2.24) is 0 Å². The van der Waals surface area contributed by atoms with Gasteiger partial charge in [0.2, 0.25) is 5.54 Å². The number of esters is 1. The number of benzene rings is 3. The maximum Gasteiger partial charge on any atom is 0.338 e. The van der Waals surface area contributed by atoms with Crippen LogP contribution in [-0.2, 0) is 20.7 Å². The van der Waals surface area contributed by atoms with Crippen molar-refractivity contribution in [3.8, 4) is 11.1 Å². The Labute approximate surface area is 179 Å². The largest absolute Gasteiger partial charge is 0.479 e. The lowest BCUT2D eigenvalue weighted by Gasteiger charge is -2.24. The molecular formula is C24H20ClNO4. The Morgan fingerprint density at radius 1 is 0.933 bits per heavy atom. The van der Waals surface area contributed by atoms with Crippen molar-refractivity contribution in [2.45, 2.75) is 17.9 Å². The van der Waals surface area contributed by atoms with E-state index in [1.54, 1.807) is 24.3 Å². The summed E-state index contributed by atoms with van der Waals surface area (Å²) in [6, 6.07) is 22.4. The molecule has 0 saturated heterocycles. The zero-order valence-corrected chi connectivity index (χ0v) is 16.8. The molecule has 3 aromatic rings. The van der Waals surface area contributed by atoms with Crippen molar-refractivity contribution < 1.29 is 19.4 Å². The SMILES string of the molecule is N[C@@](Cc1ccc(Cl)cc1)(C(=O)O)C(=O)OCC1c2ccccc2-c2ccccc21. The predicted octanol–water partition coefficient (Wildman–Crippen LogP) is 4.02. The monoisotopic (exact) mass is 421 g/mol. The Morgan fingerprint density at radius 2 is 1.47 bits per heavy atom. The summed E-state index contributed by atoms with van der Waals surface area (Å²) < 4.78 is 5.49. The topological polar surface area (TPSA) is 89.6 Å². The Hall–Kier alpha value is -3.15. The first-order chi connectivity index (χ1) is 14.4. The molecule has 1 aliphatic carbocycles. The second-order valence-electron chi connectivity index (χ2n) is 7.41. The number of hydrogen-bond donors (Lipinski definition) is 2. The molecule has 0 radical (unpaired) electrons. The van der Waals surface area contributed by atoms with Crippen LogP contribution in [-0.4, -0.2) is 29.2 Å². The molecule has 0 saturated carbocycles. The van der Waals surface area contributed by atoms with Gasteiger partial charge in [-0.2, -0.15) is 0 Å². The Balaban J connectivity index is 1.55. The van der Waals surface area contributed by atoms with Gasteiger partial charge in [0.25, 0.3) is 0 Å². The van der Waals surface area contributed by atoms with E-state index < -0.39 is 17.5 Å². The molecule has 4 rings (SSSR count). The van der Waals surface area contributed by atoms with Crippen molar-refractivity contribution in [3.63, 3.8) is 0 Å². The molecule has 0 aromatic heterocycles. The highest BCUT2D eigenvalue weighted by molar-refractivity contribution is 6.30. The highest BCUT2D eigenvalue weighted by Gasteiger charge is 2.44. The lowest BCUT2D eigenvalue weighted by atomic mass is 9.91. The average molecular weight is 422 g/mol. The number of carbonyl (C=O) groups is 2. The van der Waals surface area contributed by atoms with Crippen LogP contribution < -0.4 is 5.73 Å². The molecule has 30 heavy (non-hydrogen) atoms. The molecule has 0 amide bonds. The minimum absolute atomic E-state index is 0.0136. The van der Waals surface area contributed by atoms with Crippen LogP contribution in [0.1, 0.15) is 22.6 Å². The fourth-order valence-electron chi connectivity index (χ4n) is 3.89. The van der Waals surface area contributed by atoms with Gasteiger partial charge in [-0.25, -0.2) is 9.59 Å². The summed E-state index contributed by atoms with van der Waals surface area (Å²) in [5.74, 6) is -2.57. The van der Waals surface area contributed by atoms with Crippen LogP contribution in [0.15, 0.2) is 72.8 Å². The molecular weight excluding hydrogens is 402 g/mol. The van der Waals surface area contributed by atoms with E-state index in [2.05, 4.69) is 0 Å². The highest BCUT2D eigenvalue weighted by atomic mass is 35.5. The molecule has 152 valence electrons. The molecule has 3 aromatic carbocycles. The van der Waals surface area contributed by atoms with Crippen LogP contribution in [0.5, 0.6) is 0 Å². The van der Waals surface area contributed by atoms with Gasteiger partial charge in [0.1, 0.15) is 6.61 Å². The average Bonchev–Trinajstić information content (AvgIpc) is 3.07. The normalized spacial score (nSPS) is 14.5. The van der Waals surface area contributed by atoms with Gasteiger partial charge < -0.3 is 15.6 Å². The van der Waals surface area contributed by atoms with E-state index in [4.69, 9.17) is 22.1 Å². The van der Waals surface area contributed by atoms with Crippen LogP contribution in [0.4, 0.5) is 0 Å². The maximum atomic E-state index is 12.8. The number of carboxylic acid groups (broad SMARTS) is 1. The lowest BCUT2D eigenvalue weighted by Crippen LogP contribution is -2.57. The number of nitrogens with two attached hydrogens (primary N) is 1. The van der Waals surface area contributed by atoms with Crippen LogP contribution in [0, 0.1) is 0 Å². The van der Waals surface area contributed by atoms with Crippen LogP contribution >= 0.6 is 11.6 Å². The van der Waals surface area contributed by atoms with E-state index in [-0.39, 0.29) is 18.9 Å². The number of halogens is 1. The second-order valence-corrected chi connectivity index (χ2v) is 7.84. The number of hydrogen-bond acceptors (Lipinski definition) is 4. The summed E-state index contributed by atoms with van der Waals surface area (Å²) in [5, 5.41) is 10.2. The molecule has 3 N–H and O–H groups in total. The predicted molar refractivity (Wildman–Crippen MR) is 114 cm³/mol. The maximum absolute atomic E-state index is 12.8. The molecule has 0 fully saturated rings. The van der Waals surface area contributed by atoms with Gasteiger partial charge in [-0.3, -0.25) is 0 Å². The van der Waals surface area contributed by atoms with Gasteiger partial charge in [-0.05, 0) is 39.9 Å². The third-order valence-electron chi connectivity index (χ3n) is 5.49. The molecule has 0 spiro atoms. The summed E-state index contributed by atoms with van der Waals surface area (Å²) in [6.07, 6.45) is -0.198. The summed E-state index contributed by atoms with van der Waals surface area (Å²) in [5.41, 5.74) is 8.68. The minimum Gasteiger partial charge on any atom is -0.479 e. The molecule has 1 aliphatic rings. The summed E-state index contributed by atoms with van der Waals surface area (Å²) in [6.45, 7) is 0.0136. The smallest absolute Gasteiger partial charge is 0.338 e. The first-order valence-electron chi connectivity index (χ1n) is 9.52.